The molecule has 1 aromatic heterocycles. The zero-order valence-electron chi connectivity index (χ0n) is 13.0. The van der Waals surface area contributed by atoms with E-state index in [1.165, 1.54) is 0 Å². The lowest BCUT2D eigenvalue weighted by molar-refractivity contribution is 0.0774. The van der Waals surface area contributed by atoms with Crippen LogP contribution in [0.3, 0.4) is 0 Å². The Balaban J connectivity index is 1.71. The van der Waals surface area contributed by atoms with E-state index in [0.29, 0.717) is 28.4 Å². The Morgan fingerprint density at radius 1 is 1.45 bits per heavy atom. The van der Waals surface area contributed by atoms with Crippen molar-refractivity contribution in [2.45, 2.75) is 20.3 Å². The lowest BCUT2D eigenvalue weighted by Crippen LogP contribution is -2.29. The molecule has 22 heavy (non-hydrogen) atoms. The molecule has 1 amide bonds. The first-order chi connectivity index (χ1) is 10.4. The van der Waals surface area contributed by atoms with Crippen LogP contribution in [0.2, 0.25) is 0 Å². The fourth-order valence-electron chi connectivity index (χ4n) is 2.67. The van der Waals surface area contributed by atoms with Crippen molar-refractivity contribution in [1.29, 1.82) is 0 Å². The Morgan fingerprint density at radius 3 is 2.82 bits per heavy atom. The number of phenolic OH excluding ortho intramolecular Hbond substituents is 1. The van der Waals surface area contributed by atoms with E-state index in [4.69, 9.17) is 4.52 Å². The van der Waals surface area contributed by atoms with Gasteiger partial charge in [0.05, 0.1) is 0 Å². The summed E-state index contributed by atoms with van der Waals surface area (Å²) in [7, 11) is 1.79. The number of phenols is 1. The summed E-state index contributed by atoms with van der Waals surface area (Å²) in [6, 6.07) is 8.29. The molecular formula is C17H20N2O3. The summed E-state index contributed by atoms with van der Waals surface area (Å²) >= 11 is 0. The zero-order valence-corrected chi connectivity index (χ0v) is 13.0. The number of carbonyl (C=O) groups is 1. The van der Waals surface area contributed by atoms with E-state index in [0.717, 1.165) is 13.0 Å². The van der Waals surface area contributed by atoms with Gasteiger partial charge in [-0.05, 0) is 29.9 Å². The number of amides is 1. The van der Waals surface area contributed by atoms with Gasteiger partial charge < -0.3 is 14.5 Å². The molecular weight excluding hydrogens is 280 g/mol. The van der Waals surface area contributed by atoms with Crippen molar-refractivity contribution in [3.8, 4) is 17.1 Å². The van der Waals surface area contributed by atoms with Crippen LogP contribution in [0.15, 0.2) is 34.9 Å². The molecule has 0 unspecified atom stereocenters. The molecule has 1 aliphatic rings. The zero-order chi connectivity index (χ0) is 15.9. The van der Waals surface area contributed by atoms with Gasteiger partial charge >= 0.3 is 0 Å². The van der Waals surface area contributed by atoms with Crippen molar-refractivity contribution >= 4 is 5.91 Å². The van der Waals surface area contributed by atoms with Gasteiger partial charge in [0.2, 0.25) is 0 Å². The Labute approximate surface area is 129 Å². The van der Waals surface area contributed by atoms with Crippen molar-refractivity contribution in [2.75, 3.05) is 13.6 Å². The highest BCUT2D eigenvalue weighted by Crippen LogP contribution is 2.51. The Hall–Kier alpha value is -2.30. The molecule has 1 N–H and O–H groups in total. The molecule has 1 heterocycles. The number of hydrogen-bond donors (Lipinski definition) is 1. The van der Waals surface area contributed by atoms with Crippen LogP contribution in [0, 0.1) is 11.3 Å². The fraction of sp³-hybridized carbons (Fsp3) is 0.412. The molecule has 0 bridgehead atoms. The second kappa shape index (κ2) is 5.16. The predicted octanol–water partition coefficient (Wildman–Crippen LogP) is 3.17. The highest BCUT2D eigenvalue weighted by molar-refractivity contribution is 5.93. The van der Waals surface area contributed by atoms with Crippen molar-refractivity contribution < 1.29 is 14.4 Å². The third kappa shape index (κ3) is 2.84. The molecule has 1 aliphatic carbocycles. The molecule has 1 saturated carbocycles. The first kappa shape index (κ1) is 14.6. The molecule has 1 fully saturated rings. The van der Waals surface area contributed by atoms with E-state index in [-0.39, 0.29) is 11.7 Å². The molecule has 0 radical (unpaired) electrons. The molecule has 2 aromatic rings. The van der Waals surface area contributed by atoms with E-state index in [2.05, 4.69) is 19.0 Å². The van der Waals surface area contributed by atoms with Crippen LogP contribution in [0.5, 0.6) is 5.75 Å². The molecule has 116 valence electrons. The average molecular weight is 300 g/mol. The van der Waals surface area contributed by atoms with E-state index in [1.807, 2.05) is 0 Å². The van der Waals surface area contributed by atoms with Gasteiger partial charge in [-0.2, -0.15) is 0 Å². The highest BCUT2D eigenvalue weighted by atomic mass is 16.5. The van der Waals surface area contributed by atoms with Crippen LogP contribution in [-0.2, 0) is 0 Å². The third-order valence-corrected chi connectivity index (χ3v) is 4.42. The first-order valence-electron chi connectivity index (χ1n) is 7.38. The van der Waals surface area contributed by atoms with Gasteiger partial charge in [-0.1, -0.05) is 31.1 Å². The molecule has 0 saturated heterocycles. The fourth-order valence-corrected chi connectivity index (χ4v) is 2.67. The summed E-state index contributed by atoms with van der Waals surface area (Å²) in [6.45, 7) is 5.16. The van der Waals surface area contributed by atoms with Gasteiger partial charge in [-0.3, -0.25) is 4.79 Å². The smallest absolute Gasteiger partial charge is 0.275 e. The molecule has 5 nitrogen and oxygen atoms in total. The lowest BCUT2D eigenvalue weighted by Gasteiger charge is -2.16. The summed E-state index contributed by atoms with van der Waals surface area (Å²) in [4.78, 5) is 14.1. The Bertz CT molecular complexity index is 705. The van der Waals surface area contributed by atoms with Crippen LogP contribution in [-0.4, -0.2) is 34.7 Å². The Morgan fingerprint density at radius 2 is 2.18 bits per heavy atom. The van der Waals surface area contributed by atoms with Crippen LogP contribution >= 0.6 is 0 Å². The molecule has 0 spiro atoms. The first-order valence-corrected chi connectivity index (χ1v) is 7.38. The standard InChI is InChI=1S/C17H20N2O3/c1-17(2)9-12(17)10-19(3)16(21)14-8-15(22-18-14)11-5-4-6-13(20)7-11/h4-8,12,20H,9-10H2,1-3H3/t12-/m1/s1. The minimum absolute atomic E-state index is 0.141. The van der Waals surface area contributed by atoms with Gasteiger partial charge in [0.15, 0.2) is 11.5 Å². The van der Waals surface area contributed by atoms with Crippen molar-refractivity contribution in [3.05, 3.63) is 36.0 Å². The SMILES string of the molecule is CN(C[C@H]1CC1(C)C)C(=O)c1cc(-c2cccc(O)c2)on1. The van der Waals surface area contributed by atoms with Crippen molar-refractivity contribution in [3.63, 3.8) is 0 Å². The van der Waals surface area contributed by atoms with Crippen LogP contribution in [0.25, 0.3) is 11.3 Å². The third-order valence-electron chi connectivity index (χ3n) is 4.42. The quantitative estimate of drug-likeness (QED) is 0.942. The van der Waals surface area contributed by atoms with Gasteiger partial charge in [0.25, 0.3) is 5.91 Å². The molecule has 0 aliphatic heterocycles. The summed E-state index contributed by atoms with van der Waals surface area (Å²) in [5, 5.41) is 13.4. The number of carbonyl (C=O) groups excluding carboxylic acids is 1. The number of aromatic hydroxyl groups is 1. The largest absolute Gasteiger partial charge is 0.508 e. The number of aromatic nitrogens is 1. The van der Waals surface area contributed by atoms with Crippen LogP contribution in [0.1, 0.15) is 30.8 Å². The Kier molecular flexibility index (Phi) is 3.43. The monoisotopic (exact) mass is 300 g/mol. The summed E-state index contributed by atoms with van der Waals surface area (Å²) in [5.41, 5.74) is 1.32. The number of benzene rings is 1. The second-order valence-electron chi connectivity index (χ2n) is 6.70. The number of hydrogen-bond acceptors (Lipinski definition) is 4. The van der Waals surface area contributed by atoms with E-state index >= 15 is 0 Å². The average Bonchev–Trinajstić information content (AvgIpc) is 2.90. The highest BCUT2D eigenvalue weighted by Gasteiger charge is 2.46. The summed E-state index contributed by atoms with van der Waals surface area (Å²) in [6.07, 6.45) is 1.15. The van der Waals surface area contributed by atoms with E-state index < -0.39 is 0 Å². The summed E-state index contributed by atoms with van der Waals surface area (Å²) < 4.78 is 5.23. The van der Waals surface area contributed by atoms with Gasteiger partial charge in [-0.25, -0.2) is 0 Å². The second-order valence-corrected chi connectivity index (χ2v) is 6.70. The minimum atomic E-state index is -0.141. The topological polar surface area (TPSA) is 66.6 Å². The lowest BCUT2D eigenvalue weighted by atomic mass is 10.1. The maximum absolute atomic E-state index is 12.4. The normalized spacial score (nSPS) is 19.0. The van der Waals surface area contributed by atoms with Crippen molar-refractivity contribution in [1.82, 2.24) is 10.1 Å². The van der Waals surface area contributed by atoms with Crippen molar-refractivity contribution in [2.24, 2.45) is 11.3 Å². The van der Waals surface area contributed by atoms with Crippen LogP contribution < -0.4 is 0 Å². The molecule has 1 aromatic carbocycles. The number of nitrogens with zero attached hydrogens (tertiary/aromatic N) is 2. The maximum atomic E-state index is 12.4. The molecule has 5 heteroatoms. The van der Waals surface area contributed by atoms with Gasteiger partial charge in [0.1, 0.15) is 5.75 Å². The summed E-state index contributed by atoms with van der Waals surface area (Å²) in [5.74, 6) is 1.03. The minimum Gasteiger partial charge on any atom is -0.508 e. The molecule has 3 rings (SSSR count). The maximum Gasteiger partial charge on any atom is 0.275 e. The van der Waals surface area contributed by atoms with E-state index in [1.54, 1.807) is 42.3 Å². The van der Waals surface area contributed by atoms with Crippen LogP contribution in [0.4, 0.5) is 0 Å². The molecule has 1 atom stereocenters. The predicted molar refractivity (Wildman–Crippen MR) is 82.5 cm³/mol. The van der Waals surface area contributed by atoms with Gasteiger partial charge in [-0.15, -0.1) is 0 Å². The van der Waals surface area contributed by atoms with E-state index in [9.17, 15) is 9.90 Å². The number of rotatable bonds is 4. The van der Waals surface area contributed by atoms with Gasteiger partial charge in [0, 0.05) is 25.2 Å².